The van der Waals surface area contributed by atoms with E-state index in [4.69, 9.17) is 5.73 Å². The standard InChI is InChI=1S/C11H21N5/c1-10(12)11-13-9-16(14-11)8-4-7-15-5-2-3-6-15/h9-10H,2-8,12H2,1H3. The van der Waals surface area contributed by atoms with Gasteiger partial charge < -0.3 is 10.6 Å². The molecule has 1 aliphatic rings. The Kier molecular flexibility index (Phi) is 3.90. The fourth-order valence-corrected chi connectivity index (χ4v) is 2.09. The molecule has 0 aliphatic carbocycles. The number of aromatic nitrogens is 3. The molecule has 0 aromatic carbocycles. The van der Waals surface area contributed by atoms with E-state index in [1.54, 1.807) is 6.33 Å². The predicted molar refractivity (Wildman–Crippen MR) is 62.9 cm³/mol. The van der Waals surface area contributed by atoms with Crippen LogP contribution in [-0.2, 0) is 6.54 Å². The lowest BCUT2D eigenvalue weighted by atomic mass is 10.3. The third-order valence-corrected chi connectivity index (χ3v) is 3.02. The van der Waals surface area contributed by atoms with Crippen LogP contribution in [0.15, 0.2) is 6.33 Å². The van der Waals surface area contributed by atoms with Crippen LogP contribution < -0.4 is 5.73 Å². The zero-order chi connectivity index (χ0) is 11.4. The molecule has 0 radical (unpaired) electrons. The molecule has 90 valence electrons. The van der Waals surface area contributed by atoms with E-state index in [0.717, 1.165) is 18.8 Å². The molecule has 1 fully saturated rings. The van der Waals surface area contributed by atoms with Crippen molar-refractivity contribution < 1.29 is 0 Å². The normalized spacial score (nSPS) is 19.1. The van der Waals surface area contributed by atoms with E-state index in [9.17, 15) is 0 Å². The molecule has 2 rings (SSSR count). The molecule has 5 heteroatoms. The molecule has 2 heterocycles. The van der Waals surface area contributed by atoms with Crippen LogP contribution >= 0.6 is 0 Å². The Labute approximate surface area is 96.6 Å². The molecular formula is C11H21N5. The van der Waals surface area contributed by atoms with Crippen LogP contribution in [0.2, 0.25) is 0 Å². The Morgan fingerprint density at radius 3 is 2.75 bits per heavy atom. The van der Waals surface area contributed by atoms with Crippen molar-refractivity contribution in [2.75, 3.05) is 19.6 Å². The Morgan fingerprint density at radius 1 is 1.38 bits per heavy atom. The van der Waals surface area contributed by atoms with Crippen LogP contribution in [0.25, 0.3) is 0 Å². The smallest absolute Gasteiger partial charge is 0.166 e. The highest BCUT2D eigenvalue weighted by Crippen LogP contribution is 2.08. The highest BCUT2D eigenvalue weighted by Gasteiger charge is 2.11. The maximum Gasteiger partial charge on any atom is 0.166 e. The van der Waals surface area contributed by atoms with Gasteiger partial charge in [0.15, 0.2) is 5.82 Å². The number of likely N-dealkylation sites (tertiary alicyclic amines) is 1. The first kappa shape index (κ1) is 11.5. The van der Waals surface area contributed by atoms with E-state index < -0.39 is 0 Å². The minimum Gasteiger partial charge on any atom is -0.321 e. The summed E-state index contributed by atoms with van der Waals surface area (Å²) in [6, 6.07) is -0.0696. The lowest BCUT2D eigenvalue weighted by Crippen LogP contribution is -2.21. The van der Waals surface area contributed by atoms with Gasteiger partial charge >= 0.3 is 0 Å². The maximum atomic E-state index is 5.71. The SMILES string of the molecule is CC(N)c1ncn(CCCN2CCCC2)n1. The number of aryl methyl sites for hydroxylation is 1. The zero-order valence-electron chi connectivity index (χ0n) is 9.97. The van der Waals surface area contributed by atoms with Gasteiger partial charge in [0.2, 0.25) is 0 Å². The lowest BCUT2D eigenvalue weighted by Gasteiger charge is -2.13. The summed E-state index contributed by atoms with van der Waals surface area (Å²) in [5.74, 6) is 0.737. The minimum atomic E-state index is -0.0696. The molecule has 0 saturated carbocycles. The molecule has 1 atom stereocenters. The maximum absolute atomic E-state index is 5.71. The first-order chi connectivity index (χ1) is 7.75. The summed E-state index contributed by atoms with van der Waals surface area (Å²) in [4.78, 5) is 6.70. The van der Waals surface area contributed by atoms with Crippen LogP contribution in [0.5, 0.6) is 0 Å². The van der Waals surface area contributed by atoms with Gasteiger partial charge in [-0.15, -0.1) is 0 Å². The molecular weight excluding hydrogens is 202 g/mol. The summed E-state index contributed by atoms with van der Waals surface area (Å²) in [5.41, 5.74) is 5.71. The van der Waals surface area contributed by atoms with Crippen molar-refractivity contribution in [1.82, 2.24) is 19.7 Å². The van der Waals surface area contributed by atoms with Crippen LogP contribution in [0, 0.1) is 0 Å². The van der Waals surface area contributed by atoms with Gasteiger partial charge in [0.05, 0.1) is 6.04 Å². The van der Waals surface area contributed by atoms with Gasteiger partial charge in [0.25, 0.3) is 0 Å². The van der Waals surface area contributed by atoms with Gasteiger partial charge in [0, 0.05) is 6.54 Å². The number of nitrogens with two attached hydrogens (primary N) is 1. The van der Waals surface area contributed by atoms with Crippen LogP contribution in [0.4, 0.5) is 0 Å². The monoisotopic (exact) mass is 223 g/mol. The van der Waals surface area contributed by atoms with E-state index in [2.05, 4.69) is 15.0 Å². The van der Waals surface area contributed by atoms with Gasteiger partial charge in [-0.2, -0.15) is 5.10 Å². The quantitative estimate of drug-likeness (QED) is 0.801. The average Bonchev–Trinajstić information content (AvgIpc) is 2.87. The molecule has 5 nitrogen and oxygen atoms in total. The Bertz CT molecular complexity index is 314. The number of hydrogen-bond acceptors (Lipinski definition) is 4. The van der Waals surface area contributed by atoms with Crippen molar-refractivity contribution in [2.45, 2.75) is 38.8 Å². The van der Waals surface area contributed by atoms with Crippen LogP contribution in [-0.4, -0.2) is 39.3 Å². The second-order valence-electron chi connectivity index (χ2n) is 4.56. The fourth-order valence-electron chi connectivity index (χ4n) is 2.09. The number of nitrogens with zero attached hydrogens (tertiary/aromatic N) is 4. The molecule has 1 unspecified atom stereocenters. The second kappa shape index (κ2) is 5.41. The Hall–Kier alpha value is -0.940. The van der Waals surface area contributed by atoms with Gasteiger partial charge in [0.1, 0.15) is 6.33 Å². The first-order valence-corrected chi connectivity index (χ1v) is 6.13. The summed E-state index contributed by atoms with van der Waals surface area (Å²) in [7, 11) is 0. The number of rotatable bonds is 5. The lowest BCUT2D eigenvalue weighted by molar-refractivity contribution is 0.322. The van der Waals surface area contributed by atoms with E-state index in [1.165, 1.54) is 32.5 Å². The summed E-state index contributed by atoms with van der Waals surface area (Å²) >= 11 is 0. The van der Waals surface area contributed by atoms with E-state index in [-0.39, 0.29) is 6.04 Å². The van der Waals surface area contributed by atoms with Gasteiger partial charge in [-0.3, -0.25) is 4.68 Å². The molecule has 1 saturated heterocycles. The Balaban J connectivity index is 1.72. The molecule has 2 N–H and O–H groups in total. The molecule has 1 aromatic rings. The molecule has 0 spiro atoms. The number of hydrogen-bond donors (Lipinski definition) is 1. The first-order valence-electron chi connectivity index (χ1n) is 6.13. The van der Waals surface area contributed by atoms with Gasteiger partial charge in [-0.1, -0.05) is 0 Å². The van der Waals surface area contributed by atoms with Crippen molar-refractivity contribution in [3.05, 3.63) is 12.2 Å². The van der Waals surface area contributed by atoms with Crippen molar-refractivity contribution in [1.29, 1.82) is 0 Å². The summed E-state index contributed by atoms with van der Waals surface area (Å²) in [6.07, 6.45) is 5.64. The van der Waals surface area contributed by atoms with Crippen molar-refractivity contribution >= 4 is 0 Å². The average molecular weight is 223 g/mol. The topological polar surface area (TPSA) is 60.0 Å². The molecule has 1 aliphatic heterocycles. The summed E-state index contributed by atoms with van der Waals surface area (Å²) < 4.78 is 1.90. The van der Waals surface area contributed by atoms with Gasteiger partial charge in [-0.25, -0.2) is 4.98 Å². The predicted octanol–water partition coefficient (Wildman–Crippen LogP) is 0.784. The minimum absolute atomic E-state index is 0.0696. The van der Waals surface area contributed by atoms with E-state index in [1.807, 2.05) is 11.6 Å². The molecule has 1 aromatic heterocycles. The highest BCUT2D eigenvalue weighted by molar-refractivity contribution is 4.87. The molecule has 16 heavy (non-hydrogen) atoms. The summed E-state index contributed by atoms with van der Waals surface area (Å²) in [6.45, 7) is 6.55. The third-order valence-electron chi connectivity index (χ3n) is 3.02. The van der Waals surface area contributed by atoms with Crippen LogP contribution in [0.1, 0.15) is 38.1 Å². The zero-order valence-corrected chi connectivity index (χ0v) is 9.97. The fraction of sp³-hybridized carbons (Fsp3) is 0.818. The second-order valence-corrected chi connectivity index (χ2v) is 4.56. The highest BCUT2D eigenvalue weighted by atomic mass is 15.3. The van der Waals surface area contributed by atoms with E-state index in [0.29, 0.717) is 0 Å². The van der Waals surface area contributed by atoms with Gasteiger partial charge in [-0.05, 0) is 45.8 Å². The van der Waals surface area contributed by atoms with Crippen LogP contribution in [0.3, 0.4) is 0 Å². The van der Waals surface area contributed by atoms with Crippen molar-refractivity contribution in [3.63, 3.8) is 0 Å². The molecule has 0 amide bonds. The largest absolute Gasteiger partial charge is 0.321 e. The molecule has 0 bridgehead atoms. The van der Waals surface area contributed by atoms with Crippen molar-refractivity contribution in [3.8, 4) is 0 Å². The Morgan fingerprint density at radius 2 is 2.12 bits per heavy atom. The summed E-state index contributed by atoms with van der Waals surface area (Å²) in [5, 5.41) is 4.34. The van der Waals surface area contributed by atoms with E-state index >= 15 is 0 Å². The van der Waals surface area contributed by atoms with Crippen molar-refractivity contribution in [2.24, 2.45) is 5.73 Å². The third kappa shape index (κ3) is 3.02.